The topological polar surface area (TPSA) is 0 Å². The molecule has 96 valence electrons. The van der Waals surface area contributed by atoms with Gasteiger partial charge in [-0.25, -0.2) is 0 Å². The summed E-state index contributed by atoms with van der Waals surface area (Å²) in [5, 5.41) is -0.155. The van der Waals surface area contributed by atoms with Gasteiger partial charge in [0.25, 0.3) is 0 Å². The molecule has 8 heteroatoms. The highest BCUT2D eigenvalue weighted by Gasteiger charge is 2.38. The van der Waals surface area contributed by atoms with Gasteiger partial charge in [0, 0.05) is 8.90 Å². The maximum absolute atomic E-state index is 12.6. The normalized spacial score (nSPS) is 12.9. The van der Waals surface area contributed by atoms with Gasteiger partial charge in [-0.2, -0.15) is 26.3 Å². The third-order valence-corrected chi connectivity index (χ3v) is 3.49. The third kappa shape index (κ3) is 3.49. The lowest BCUT2D eigenvalue weighted by Gasteiger charge is -2.16. The van der Waals surface area contributed by atoms with Crippen LogP contribution in [0.3, 0.4) is 0 Å². The molecule has 0 atom stereocenters. The zero-order valence-corrected chi connectivity index (χ0v) is 11.6. The van der Waals surface area contributed by atoms with Crippen LogP contribution in [0.1, 0.15) is 16.7 Å². The smallest absolute Gasteiger partial charge is 0.166 e. The van der Waals surface area contributed by atoms with Gasteiger partial charge in [-0.15, -0.1) is 0 Å². The van der Waals surface area contributed by atoms with Crippen LogP contribution in [0.4, 0.5) is 26.3 Å². The van der Waals surface area contributed by atoms with Crippen molar-refractivity contribution >= 4 is 38.5 Å². The highest BCUT2D eigenvalue weighted by atomic mass is 127. The number of rotatable bonds is 1. The molecule has 0 bridgehead atoms. The summed E-state index contributed by atoms with van der Waals surface area (Å²) in [6.07, 6.45) is -9.59. The van der Waals surface area contributed by atoms with Crippen LogP contribution in [0.5, 0.6) is 0 Å². The van der Waals surface area contributed by atoms with Gasteiger partial charge in [0.2, 0.25) is 0 Å². The summed E-state index contributed by atoms with van der Waals surface area (Å²) in [7, 11) is 0. The van der Waals surface area contributed by atoms with E-state index in [1.54, 1.807) is 0 Å². The summed E-state index contributed by atoms with van der Waals surface area (Å²) in [6.45, 7) is 0. The molecule has 0 saturated heterocycles. The van der Waals surface area contributed by atoms with Gasteiger partial charge in [0.05, 0.1) is 11.1 Å². The monoisotopic (exact) mass is 432 g/mol. The average molecular weight is 433 g/mol. The molecular weight excluding hydrogens is 429 g/mol. The Kier molecular flexibility index (Phi) is 4.38. The van der Waals surface area contributed by atoms with Gasteiger partial charge < -0.3 is 0 Å². The average Bonchev–Trinajstić information content (AvgIpc) is 2.13. The number of benzene rings is 1. The Morgan fingerprint density at radius 1 is 1.00 bits per heavy atom. The van der Waals surface area contributed by atoms with E-state index < -0.39 is 23.5 Å². The molecular formula is C9H4BrF6I. The standard InChI is InChI=1S/C9H4BrF6I/c10-3-5-6(9(14,15)16)1-4(2-7(5)17)8(11,12)13/h1-2H,3H2. The summed E-state index contributed by atoms with van der Waals surface area (Å²) >= 11 is 4.30. The Labute approximate surface area is 115 Å². The molecule has 0 N–H and O–H groups in total. The molecule has 0 aliphatic carbocycles. The van der Waals surface area contributed by atoms with Gasteiger partial charge in [0.15, 0.2) is 0 Å². The first-order valence-corrected chi connectivity index (χ1v) is 6.30. The van der Waals surface area contributed by atoms with Crippen molar-refractivity contribution in [1.29, 1.82) is 0 Å². The van der Waals surface area contributed by atoms with Crippen molar-refractivity contribution in [3.05, 3.63) is 32.4 Å². The van der Waals surface area contributed by atoms with E-state index in [2.05, 4.69) is 15.9 Å². The van der Waals surface area contributed by atoms with E-state index in [0.29, 0.717) is 6.07 Å². The van der Waals surface area contributed by atoms with Crippen LogP contribution in [0.2, 0.25) is 0 Å². The van der Waals surface area contributed by atoms with Gasteiger partial charge in [-0.1, -0.05) is 15.9 Å². The molecule has 1 rings (SSSR count). The molecule has 0 unspecified atom stereocenters. The molecule has 0 saturated carbocycles. The number of hydrogen-bond donors (Lipinski definition) is 0. The van der Waals surface area contributed by atoms with E-state index >= 15 is 0 Å². The fraction of sp³-hybridized carbons (Fsp3) is 0.333. The lowest BCUT2D eigenvalue weighted by atomic mass is 10.0. The minimum atomic E-state index is -4.80. The first kappa shape index (κ1) is 15.1. The molecule has 0 amide bonds. The second-order valence-electron chi connectivity index (χ2n) is 3.11. The Morgan fingerprint density at radius 2 is 1.53 bits per heavy atom. The summed E-state index contributed by atoms with van der Waals surface area (Å²) < 4.78 is 74.9. The number of alkyl halides is 7. The molecule has 17 heavy (non-hydrogen) atoms. The van der Waals surface area contributed by atoms with Crippen molar-refractivity contribution < 1.29 is 26.3 Å². The quantitative estimate of drug-likeness (QED) is 0.324. The van der Waals surface area contributed by atoms with E-state index in [0.717, 1.165) is 0 Å². The number of halogens is 8. The first-order valence-electron chi connectivity index (χ1n) is 4.10. The maximum Gasteiger partial charge on any atom is 0.416 e. The maximum atomic E-state index is 12.6. The Hall–Kier alpha value is 0.01000. The van der Waals surface area contributed by atoms with E-state index in [9.17, 15) is 26.3 Å². The van der Waals surface area contributed by atoms with Gasteiger partial charge >= 0.3 is 12.4 Å². The van der Waals surface area contributed by atoms with E-state index in [1.807, 2.05) is 0 Å². The van der Waals surface area contributed by atoms with Crippen LogP contribution in [-0.4, -0.2) is 0 Å². The zero-order valence-electron chi connectivity index (χ0n) is 7.89. The van der Waals surface area contributed by atoms with Crippen molar-refractivity contribution in [3.8, 4) is 0 Å². The van der Waals surface area contributed by atoms with E-state index in [4.69, 9.17) is 0 Å². The summed E-state index contributed by atoms with van der Waals surface area (Å²) in [4.78, 5) is 0. The van der Waals surface area contributed by atoms with Crippen LogP contribution in [0, 0.1) is 3.57 Å². The van der Waals surface area contributed by atoms with Crippen LogP contribution in [0.15, 0.2) is 12.1 Å². The van der Waals surface area contributed by atoms with Crippen LogP contribution in [-0.2, 0) is 17.7 Å². The lowest BCUT2D eigenvalue weighted by Crippen LogP contribution is -2.14. The van der Waals surface area contributed by atoms with Gasteiger partial charge in [0.1, 0.15) is 0 Å². The molecule has 0 fully saturated rings. The van der Waals surface area contributed by atoms with E-state index in [-0.39, 0.29) is 20.5 Å². The molecule has 0 aliphatic heterocycles. The summed E-state index contributed by atoms with van der Waals surface area (Å²) in [5.41, 5.74) is -2.74. The second kappa shape index (κ2) is 4.94. The van der Waals surface area contributed by atoms with Crippen molar-refractivity contribution in [3.63, 3.8) is 0 Å². The lowest BCUT2D eigenvalue weighted by molar-refractivity contribution is -0.143. The molecule has 0 aromatic heterocycles. The fourth-order valence-electron chi connectivity index (χ4n) is 1.19. The second-order valence-corrected chi connectivity index (χ2v) is 4.84. The van der Waals surface area contributed by atoms with Crippen molar-refractivity contribution in [1.82, 2.24) is 0 Å². The third-order valence-electron chi connectivity index (χ3n) is 1.96. The fourth-order valence-corrected chi connectivity index (χ4v) is 3.13. The SMILES string of the molecule is FC(F)(F)c1cc(I)c(CBr)c(C(F)(F)F)c1. The summed E-state index contributed by atoms with van der Waals surface area (Å²) in [5.74, 6) is 0. The first-order chi connectivity index (χ1) is 7.57. The summed E-state index contributed by atoms with van der Waals surface area (Å²) in [6, 6.07) is 0.838. The molecule has 0 radical (unpaired) electrons. The van der Waals surface area contributed by atoms with Crippen LogP contribution >= 0.6 is 38.5 Å². The van der Waals surface area contributed by atoms with Gasteiger partial charge in [-0.3, -0.25) is 0 Å². The molecule has 0 spiro atoms. The molecule has 0 nitrogen and oxygen atoms in total. The number of hydrogen-bond acceptors (Lipinski definition) is 0. The molecule has 0 aliphatic rings. The largest absolute Gasteiger partial charge is 0.416 e. The van der Waals surface area contributed by atoms with Crippen LogP contribution < -0.4 is 0 Å². The highest BCUT2D eigenvalue weighted by Crippen LogP contribution is 2.39. The molecule has 1 aromatic carbocycles. The zero-order chi connectivity index (χ0) is 13.4. The molecule has 1 aromatic rings. The van der Waals surface area contributed by atoms with Crippen LogP contribution in [0.25, 0.3) is 0 Å². The minimum absolute atomic E-state index is 0.0679. The Morgan fingerprint density at radius 3 is 1.88 bits per heavy atom. The van der Waals surface area contributed by atoms with Gasteiger partial charge in [-0.05, 0) is 40.3 Å². The van der Waals surface area contributed by atoms with Crippen molar-refractivity contribution in [2.24, 2.45) is 0 Å². The Balaban J connectivity index is 3.51. The predicted octanol–water partition coefficient (Wildman–Crippen LogP) is 5.22. The van der Waals surface area contributed by atoms with Crippen molar-refractivity contribution in [2.75, 3.05) is 0 Å². The minimum Gasteiger partial charge on any atom is -0.166 e. The van der Waals surface area contributed by atoms with Crippen molar-refractivity contribution in [2.45, 2.75) is 17.7 Å². The Bertz CT molecular complexity index is 423. The highest BCUT2D eigenvalue weighted by molar-refractivity contribution is 14.1. The van der Waals surface area contributed by atoms with E-state index in [1.165, 1.54) is 22.6 Å². The predicted molar refractivity (Wildman–Crippen MR) is 61.8 cm³/mol. The molecule has 0 heterocycles.